The van der Waals surface area contributed by atoms with Gasteiger partial charge in [0.25, 0.3) is 0 Å². The van der Waals surface area contributed by atoms with Crippen LogP contribution < -0.4 is 14.2 Å². The third-order valence-electron chi connectivity index (χ3n) is 4.58. The third kappa shape index (κ3) is 5.41. The van der Waals surface area contributed by atoms with E-state index in [1.54, 1.807) is 32.4 Å². The average Bonchev–Trinajstić information content (AvgIpc) is 2.85. The quantitative estimate of drug-likeness (QED) is 0.460. The summed E-state index contributed by atoms with van der Waals surface area (Å²) in [6.45, 7) is 0. The van der Waals surface area contributed by atoms with Crippen molar-refractivity contribution in [3.05, 3.63) is 88.5 Å². The maximum Gasteiger partial charge on any atom is 0.341 e. The van der Waals surface area contributed by atoms with E-state index in [9.17, 15) is 4.79 Å². The smallest absolute Gasteiger partial charge is 0.341 e. The van der Waals surface area contributed by atoms with Crippen LogP contribution in [-0.2, 0) is 4.74 Å². The van der Waals surface area contributed by atoms with E-state index in [0.717, 1.165) is 22.3 Å². The van der Waals surface area contributed by atoms with Gasteiger partial charge in [0, 0.05) is 22.3 Å². The van der Waals surface area contributed by atoms with Crippen molar-refractivity contribution in [2.45, 2.75) is 0 Å². The third-order valence-corrected chi connectivity index (χ3v) is 4.58. The largest absolute Gasteiger partial charge is 0.496 e. The van der Waals surface area contributed by atoms with Gasteiger partial charge in [-0.1, -0.05) is 23.7 Å². The van der Waals surface area contributed by atoms with Gasteiger partial charge >= 0.3 is 5.97 Å². The van der Waals surface area contributed by atoms with E-state index in [2.05, 4.69) is 23.7 Å². The molecule has 0 fully saturated rings. The number of carbonyl (C=O) groups excluding carboxylic acids is 1. The van der Waals surface area contributed by atoms with Gasteiger partial charge in [-0.3, -0.25) is 0 Å². The maximum absolute atomic E-state index is 11.8. The van der Waals surface area contributed by atoms with Crippen LogP contribution in [0, 0.1) is 23.7 Å². The molecule has 0 atom stereocenters. The van der Waals surface area contributed by atoms with E-state index in [4.69, 9.17) is 18.9 Å². The fourth-order valence-electron chi connectivity index (χ4n) is 2.89. The molecule has 0 radical (unpaired) electrons. The van der Waals surface area contributed by atoms with Gasteiger partial charge in [-0.05, 0) is 60.7 Å². The summed E-state index contributed by atoms with van der Waals surface area (Å²) >= 11 is 0. The van der Waals surface area contributed by atoms with Crippen molar-refractivity contribution < 1.29 is 23.7 Å². The minimum absolute atomic E-state index is 0.359. The van der Waals surface area contributed by atoms with Crippen LogP contribution in [-0.4, -0.2) is 34.4 Å². The Hall–Kier alpha value is -4.35. The minimum atomic E-state index is -0.453. The Morgan fingerprint density at radius 2 is 1.00 bits per heavy atom. The van der Waals surface area contributed by atoms with Gasteiger partial charge in [-0.15, -0.1) is 0 Å². The van der Waals surface area contributed by atoms with Crippen molar-refractivity contribution in [1.82, 2.24) is 0 Å². The van der Waals surface area contributed by atoms with Gasteiger partial charge in [-0.2, -0.15) is 0 Å². The first kappa shape index (κ1) is 22.3. The van der Waals surface area contributed by atoms with Gasteiger partial charge in [-0.25, -0.2) is 4.79 Å². The van der Waals surface area contributed by atoms with Crippen molar-refractivity contribution in [1.29, 1.82) is 0 Å². The number of rotatable bonds is 4. The maximum atomic E-state index is 11.8. The zero-order valence-corrected chi connectivity index (χ0v) is 18.3. The van der Waals surface area contributed by atoms with Crippen LogP contribution in [0.3, 0.4) is 0 Å². The minimum Gasteiger partial charge on any atom is -0.496 e. The molecule has 3 aromatic rings. The van der Waals surface area contributed by atoms with Gasteiger partial charge < -0.3 is 18.9 Å². The van der Waals surface area contributed by atoms with Crippen LogP contribution in [0.2, 0.25) is 0 Å². The lowest BCUT2D eigenvalue weighted by molar-refractivity contribution is 0.0597. The summed E-state index contributed by atoms with van der Waals surface area (Å²) in [6.07, 6.45) is 0. The molecule has 0 aliphatic rings. The van der Waals surface area contributed by atoms with E-state index in [-0.39, 0.29) is 0 Å². The summed E-state index contributed by atoms with van der Waals surface area (Å²) in [7, 11) is 6.03. The van der Waals surface area contributed by atoms with E-state index >= 15 is 0 Å². The molecule has 5 heteroatoms. The summed E-state index contributed by atoms with van der Waals surface area (Å²) in [5.41, 5.74) is 3.63. The zero-order valence-electron chi connectivity index (χ0n) is 18.3. The zero-order chi connectivity index (χ0) is 22.9. The Kier molecular flexibility index (Phi) is 7.41. The van der Waals surface area contributed by atoms with Crippen molar-refractivity contribution in [2.24, 2.45) is 0 Å². The molecule has 0 aliphatic heterocycles. The summed E-state index contributed by atoms with van der Waals surface area (Å²) in [5, 5.41) is 0. The van der Waals surface area contributed by atoms with Crippen LogP contribution in [0.1, 0.15) is 32.6 Å². The highest BCUT2D eigenvalue weighted by molar-refractivity contribution is 5.92. The number of carbonyl (C=O) groups is 1. The van der Waals surface area contributed by atoms with E-state index < -0.39 is 5.97 Å². The van der Waals surface area contributed by atoms with Crippen LogP contribution in [0.25, 0.3) is 0 Å². The number of methoxy groups -OCH3 is 4. The summed E-state index contributed by atoms with van der Waals surface area (Å²) in [4.78, 5) is 11.8. The molecule has 0 N–H and O–H groups in total. The first-order chi connectivity index (χ1) is 15.6. The molecule has 3 aromatic carbocycles. The number of hydrogen-bond acceptors (Lipinski definition) is 5. The van der Waals surface area contributed by atoms with Crippen molar-refractivity contribution in [3.63, 3.8) is 0 Å². The fraction of sp³-hybridized carbons (Fsp3) is 0.148. The Balaban J connectivity index is 1.75. The molecule has 0 saturated carbocycles. The predicted molar refractivity (Wildman–Crippen MR) is 122 cm³/mol. The first-order valence-corrected chi connectivity index (χ1v) is 9.70. The Morgan fingerprint density at radius 1 is 0.562 bits per heavy atom. The number of esters is 1. The molecule has 0 bridgehead atoms. The molecule has 0 aromatic heterocycles. The van der Waals surface area contributed by atoms with Crippen LogP contribution >= 0.6 is 0 Å². The summed E-state index contributed by atoms with van der Waals surface area (Å²) < 4.78 is 20.6. The Labute approximate surface area is 187 Å². The standard InChI is InChI=1S/C27H22O5/c1-29-24-16-14-22(18-26(24)31-3)12-10-20-7-5-19(6-8-20)9-11-21-13-15-23(27(28)32-4)25(17-21)30-2/h5-8,13-18H,1-4H3. The molecule has 3 rings (SSSR count). The second-order valence-electron chi connectivity index (χ2n) is 6.55. The normalized spacial score (nSPS) is 9.50. The predicted octanol–water partition coefficient (Wildman–Crippen LogP) is 4.30. The lowest BCUT2D eigenvalue weighted by atomic mass is 10.1. The van der Waals surface area contributed by atoms with Crippen LogP contribution in [0.5, 0.6) is 17.2 Å². The van der Waals surface area contributed by atoms with E-state index in [0.29, 0.717) is 22.8 Å². The SMILES string of the molecule is COC(=O)c1ccc(C#Cc2ccc(C#Cc3ccc(OC)c(OC)c3)cc2)cc1OC. The molecular weight excluding hydrogens is 404 g/mol. The van der Waals surface area contributed by atoms with Crippen molar-refractivity contribution in [3.8, 4) is 40.9 Å². The fourth-order valence-corrected chi connectivity index (χ4v) is 2.89. The average molecular weight is 426 g/mol. The monoisotopic (exact) mass is 426 g/mol. The summed E-state index contributed by atoms with van der Waals surface area (Å²) in [5.74, 6) is 13.7. The Bertz CT molecular complexity index is 1240. The van der Waals surface area contributed by atoms with Crippen molar-refractivity contribution in [2.75, 3.05) is 28.4 Å². The molecule has 5 nitrogen and oxygen atoms in total. The van der Waals surface area contributed by atoms with E-state index in [1.165, 1.54) is 14.2 Å². The van der Waals surface area contributed by atoms with Gasteiger partial charge in [0.05, 0.1) is 28.4 Å². The second-order valence-corrected chi connectivity index (χ2v) is 6.55. The molecule has 160 valence electrons. The lowest BCUT2D eigenvalue weighted by Crippen LogP contribution is -2.04. The van der Waals surface area contributed by atoms with Gasteiger partial charge in [0.1, 0.15) is 11.3 Å². The molecular formula is C27H22O5. The van der Waals surface area contributed by atoms with Crippen molar-refractivity contribution >= 4 is 5.97 Å². The molecule has 0 saturated heterocycles. The number of hydrogen-bond donors (Lipinski definition) is 0. The van der Waals surface area contributed by atoms with Crippen LogP contribution in [0.4, 0.5) is 0 Å². The van der Waals surface area contributed by atoms with Crippen LogP contribution in [0.15, 0.2) is 60.7 Å². The highest BCUT2D eigenvalue weighted by Gasteiger charge is 2.12. The van der Waals surface area contributed by atoms with Gasteiger partial charge in [0.2, 0.25) is 0 Å². The second kappa shape index (κ2) is 10.6. The highest BCUT2D eigenvalue weighted by atomic mass is 16.5. The lowest BCUT2D eigenvalue weighted by Gasteiger charge is -2.06. The van der Waals surface area contributed by atoms with Gasteiger partial charge in [0.15, 0.2) is 11.5 Å². The molecule has 0 spiro atoms. The molecule has 0 amide bonds. The number of benzene rings is 3. The molecule has 32 heavy (non-hydrogen) atoms. The summed E-state index contributed by atoms with van der Waals surface area (Å²) in [6, 6.07) is 18.3. The number of ether oxygens (including phenoxy) is 4. The Morgan fingerprint density at radius 3 is 1.50 bits per heavy atom. The first-order valence-electron chi connectivity index (χ1n) is 9.70. The molecule has 0 heterocycles. The molecule has 0 aliphatic carbocycles. The topological polar surface area (TPSA) is 54.0 Å². The van der Waals surface area contributed by atoms with E-state index in [1.807, 2.05) is 42.5 Å². The highest BCUT2D eigenvalue weighted by Crippen LogP contribution is 2.27. The molecule has 0 unspecified atom stereocenters.